The Kier molecular flexibility index (Phi) is 9.27. The van der Waals surface area contributed by atoms with Crippen LogP contribution in [0.5, 0.6) is 0 Å². The van der Waals surface area contributed by atoms with Crippen LogP contribution in [0.15, 0.2) is 24.3 Å². The number of carbonyl (C=O) groups excluding carboxylic acids is 3. The van der Waals surface area contributed by atoms with Crippen LogP contribution in [-0.2, 0) is 19.1 Å². The van der Waals surface area contributed by atoms with Gasteiger partial charge >= 0.3 is 12.1 Å². The highest BCUT2D eigenvalue weighted by Gasteiger charge is 2.51. The summed E-state index contributed by atoms with van der Waals surface area (Å²) < 4.78 is 24.4. The van der Waals surface area contributed by atoms with Crippen LogP contribution in [0.4, 0.5) is 14.9 Å². The summed E-state index contributed by atoms with van der Waals surface area (Å²) in [6, 6.07) is 5.95. The summed E-state index contributed by atoms with van der Waals surface area (Å²) in [7, 11) is 0. The van der Waals surface area contributed by atoms with Crippen LogP contribution in [0, 0.1) is 17.2 Å². The number of likely N-dealkylation sites (tertiary alicyclic amines) is 1. The first kappa shape index (κ1) is 30.1. The fraction of sp³-hybridized carbons (Fsp3) is 0.700. The third-order valence-electron chi connectivity index (χ3n) is 8.29. The average molecular weight is 561 g/mol. The zero-order valence-corrected chi connectivity index (χ0v) is 24.6. The number of piperidine rings is 1. The number of ether oxygens (including phenoxy) is 2. The topological polar surface area (TPSA) is 91.4 Å². The molecule has 0 unspecified atom stereocenters. The molecule has 1 aromatic rings. The number of alkyl carbamates (subject to hydrolysis) is 1. The first-order valence-corrected chi connectivity index (χ1v) is 14.6. The summed E-state index contributed by atoms with van der Waals surface area (Å²) >= 11 is 0. The Labute approximate surface area is 237 Å². The molecule has 40 heavy (non-hydrogen) atoms. The van der Waals surface area contributed by atoms with E-state index in [1.165, 1.54) is 12.1 Å². The lowest BCUT2D eigenvalue weighted by atomic mass is 9.75. The number of esters is 1. The van der Waals surface area contributed by atoms with Crippen molar-refractivity contribution < 1.29 is 28.2 Å². The maximum absolute atomic E-state index is 13.3. The largest absolute Gasteiger partial charge is 0.462 e. The molecule has 3 aliphatic rings. The van der Waals surface area contributed by atoms with Crippen LogP contribution in [0.25, 0.3) is 0 Å². The lowest BCUT2D eigenvalue weighted by Crippen LogP contribution is -2.55. The molecule has 0 aliphatic carbocycles. The van der Waals surface area contributed by atoms with Crippen LogP contribution in [0.2, 0.25) is 0 Å². The standard InChI is InChI=1S/C30H45FN4O5/c1-21(2)25(32-28(38)40-29(3,4)5)26(36)35-14-11-30(12-15-35)20-24(39-27(30)37)10-13-33-16-18-34(19-17-33)23-8-6-22(31)7-9-23/h6-9,21,24-25H,10-20H2,1-5H3,(H,32,38)/t24-,25-/m0/s1. The molecule has 3 aliphatic heterocycles. The van der Waals surface area contributed by atoms with E-state index in [-0.39, 0.29) is 29.7 Å². The van der Waals surface area contributed by atoms with Gasteiger partial charge in [-0.1, -0.05) is 13.8 Å². The Morgan fingerprint density at radius 3 is 2.27 bits per heavy atom. The summed E-state index contributed by atoms with van der Waals surface area (Å²) in [4.78, 5) is 45.0. The molecule has 10 heteroatoms. The van der Waals surface area contributed by atoms with Crippen molar-refractivity contribution in [1.29, 1.82) is 0 Å². The third-order valence-corrected chi connectivity index (χ3v) is 8.29. The normalized spacial score (nSPS) is 22.4. The van der Waals surface area contributed by atoms with Gasteiger partial charge in [0.2, 0.25) is 5.91 Å². The molecule has 222 valence electrons. The first-order valence-electron chi connectivity index (χ1n) is 14.6. The van der Waals surface area contributed by atoms with E-state index in [4.69, 9.17) is 9.47 Å². The molecule has 2 amide bonds. The lowest BCUT2D eigenvalue weighted by Gasteiger charge is -2.39. The average Bonchev–Trinajstić information content (AvgIpc) is 3.20. The molecule has 0 bridgehead atoms. The lowest BCUT2D eigenvalue weighted by molar-refractivity contribution is -0.153. The Bertz CT molecular complexity index is 1040. The van der Waals surface area contributed by atoms with E-state index in [1.807, 2.05) is 26.0 Å². The summed E-state index contributed by atoms with van der Waals surface area (Å²) in [5, 5.41) is 2.74. The van der Waals surface area contributed by atoms with Gasteiger partial charge in [0.15, 0.2) is 0 Å². The fourth-order valence-corrected chi connectivity index (χ4v) is 5.91. The van der Waals surface area contributed by atoms with Gasteiger partial charge in [-0.05, 0) is 70.2 Å². The van der Waals surface area contributed by atoms with Gasteiger partial charge in [-0.25, -0.2) is 9.18 Å². The van der Waals surface area contributed by atoms with E-state index in [0.717, 1.165) is 44.8 Å². The summed E-state index contributed by atoms with van der Waals surface area (Å²) in [6.07, 6.45) is 1.91. The van der Waals surface area contributed by atoms with Crippen LogP contribution >= 0.6 is 0 Å². The summed E-state index contributed by atoms with van der Waals surface area (Å²) in [5.74, 6) is -0.607. The number of amides is 2. The second-order valence-electron chi connectivity index (χ2n) is 12.8. The number of nitrogens with zero attached hydrogens (tertiary/aromatic N) is 3. The molecular formula is C30H45FN4O5. The minimum atomic E-state index is -0.685. The van der Waals surface area contributed by atoms with Crippen molar-refractivity contribution in [3.63, 3.8) is 0 Å². The maximum Gasteiger partial charge on any atom is 0.408 e. The zero-order chi connectivity index (χ0) is 29.1. The third kappa shape index (κ3) is 7.44. The van der Waals surface area contributed by atoms with Gasteiger partial charge in [0.25, 0.3) is 0 Å². The Morgan fingerprint density at radius 1 is 1.07 bits per heavy atom. The van der Waals surface area contributed by atoms with Crippen molar-refractivity contribution in [2.24, 2.45) is 11.3 Å². The first-order chi connectivity index (χ1) is 18.8. The minimum Gasteiger partial charge on any atom is -0.462 e. The number of cyclic esters (lactones) is 1. The van der Waals surface area contributed by atoms with Crippen molar-refractivity contribution in [2.75, 3.05) is 50.7 Å². The van der Waals surface area contributed by atoms with Crippen LogP contribution in [0.3, 0.4) is 0 Å². The second kappa shape index (κ2) is 12.3. The molecule has 3 heterocycles. The van der Waals surface area contributed by atoms with Crippen LogP contribution in [0.1, 0.15) is 60.3 Å². The van der Waals surface area contributed by atoms with E-state index in [1.54, 1.807) is 25.7 Å². The predicted octanol–water partition coefficient (Wildman–Crippen LogP) is 3.81. The van der Waals surface area contributed by atoms with Gasteiger partial charge < -0.3 is 24.6 Å². The molecule has 0 saturated carbocycles. The van der Waals surface area contributed by atoms with E-state index in [2.05, 4.69) is 15.1 Å². The molecule has 3 saturated heterocycles. The molecule has 0 aromatic heterocycles. The number of hydrogen-bond donors (Lipinski definition) is 1. The van der Waals surface area contributed by atoms with Crippen LogP contribution < -0.4 is 10.2 Å². The summed E-state index contributed by atoms with van der Waals surface area (Å²) in [5.41, 5.74) is -0.142. The Hall–Kier alpha value is -2.88. The molecule has 1 N–H and O–H groups in total. The number of halogens is 1. The molecule has 1 aromatic carbocycles. The number of anilines is 1. The number of hydrogen-bond acceptors (Lipinski definition) is 7. The minimum absolute atomic E-state index is 0.103. The number of benzene rings is 1. The summed E-state index contributed by atoms with van der Waals surface area (Å²) in [6.45, 7) is 14.5. The van der Waals surface area contributed by atoms with Gasteiger partial charge in [-0.15, -0.1) is 0 Å². The monoisotopic (exact) mass is 560 g/mol. The van der Waals surface area contributed by atoms with Crippen molar-refractivity contribution in [1.82, 2.24) is 15.1 Å². The van der Waals surface area contributed by atoms with Crippen molar-refractivity contribution in [3.8, 4) is 0 Å². The number of piperazine rings is 1. The maximum atomic E-state index is 13.3. The highest BCUT2D eigenvalue weighted by Crippen LogP contribution is 2.44. The molecule has 0 radical (unpaired) electrons. The molecular weight excluding hydrogens is 515 g/mol. The zero-order valence-electron chi connectivity index (χ0n) is 24.6. The van der Waals surface area contributed by atoms with Crippen molar-refractivity contribution >= 4 is 23.7 Å². The Morgan fingerprint density at radius 2 is 1.70 bits per heavy atom. The van der Waals surface area contributed by atoms with Crippen molar-refractivity contribution in [2.45, 2.75) is 78.0 Å². The van der Waals surface area contributed by atoms with Crippen molar-refractivity contribution in [3.05, 3.63) is 30.1 Å². The predicted molar refractivity (Wildman–Crippen MR) is 150 cm³/mol. The number of carbonyl (C=O) groups is 3. The fourth-order valence-electron chi connectivity index (χ4n) is 5.91. The molecule has 3 fully saturated rings. The van der Waals surface area contributed by atoms with Gasteiger partial charge in [-0.3, -0.25) is 14.5 Å². The highest BCUT2D eigenvalue weighted by molar-refractivity contribution is 5.86. The quantitative estimate of drug-likeness (QED) is 0.507. The van der Waals surface area contributed by atoms with E-state index in [9.17, 15) is 18.8 Å². The molecule has 9 nitrogen and oxygen atoms in total. The van der Waals surface area contributed by atoms with Gasteiger partial charge in [0.1, 0.15) is 23.6 Å². The SMILES string of the molecule is CC(C)[C@H](NC(=O)OC(C)(C)C)C(=O)N1CCC2(CC1)C[C@H](CCN1CCN(c3ccc(F)cc3)CC1)OC2=O. The number of nitrogens with one attached hydrogen (secondary N) is 1. The van der Waals surface area contributed by atoms with E-state index < -0.39 is 23.2 Å². The van der Waals surface area contributed by atoms with Gasteiger partial charge in [0, 0.05) is 57.9 Å². The van der Waals surface area contributed by atoms with Gasteiger partial charge in [-0.2, -0.15) is 0 Å². The Balaban J connectivity index is 1.23. The smallest absolute Gasteiger partial charge is 0.408 e. The molecule has 4 rings (SSSR count). The van der Waals surface area contributed by atoms with E-state index in [0.29, 0.717) is 32.4 Å². The van der Waals surface area contributed by atoms with Crippen LogP contribution in [-0.4, -0.2) is 91.3 Å². The second-order valence-corrected chi connectivity index (χ2v) is 12.8. The number of rotatable bonds is 7. The highest BCUT2D eigenvalue weighted by atomic mass is 19.1. The van der Waals surface area contributed by atoms with Gasteiger partial charge in [0.05, 0.1) is 5.41 Å². The molecule has 2 atom stereocenters. The molecule has 1 spiro atoms. The van der Waals surface area contributed by atoms with E-state index >= 15 is 0 Å².